The number of likely N-dealkylation sites (N-methyl/N-ethyl adjacent to an activating group) is 1. The van der Waals surface area contributed by atoms with Crippen LogP contribution in [-0.2, 0) is 11.2 Å². The maximum atomic E-state index is 13.5. The Bertz CT molecular complexity index is 409. The van der Waals surface area contributed by atoms with Gasteiger partial charge in [-0.2, -0.15) is 0 Å². The van der Waals surface area contributed by atoms with Crippen LogP contribution in [0.15, 0.2) is 24.3 Å². The third-order valence-corrected chi connectivity index (χ3v) is 3.26. The third-order valence-electron chi connectivity index (χ3n) is 3.26. The Kier molecular flexibility index (Phi) is 5.28. The molecule has 2 N–H and O–H groups in total. The van der Waals surface area contributed by atoms with Gasteiger partial charge in [-0.15, -0.1) is 0 Å². The summed E-state index contributed by atoms with van der Waals surface area (Å²) in [6.45, 7) is 4.14. The molecule has 4 heteroatoms. The minimum absolute atomic E-state index is 0.000528. The van der Waals surface area contributed by atoms with Crippen LogP contribution in [0.3, 0.4) is 0 Å². The average Bonchev–Trinajstić information content (AvgIpc) is 2.38. The Hall–Kier alpha value is -1.42. The molecule has 100 valence electrons. The number of rotatable bonds is 5. The number of benzene rings is 1. The molecule has 0 aliphatic rings. The molecule has 0 spiro atoms. The first kappa shape index (κ1) is 14.6. The van der Waals surface area contributed by atoms with Gasteiger partial charge in [0.25, 0.3) is 0 Å². The fourth-order valence-corrected chi connectivity index (χ4v) is 1.80. The van der Waals surface area contributed by atoms with Crippen LogP contribution in [0.25, 0.3) is 0 Å². The molecule has 0 radical (unpaired) electrons. The largest absolute Gasteiger partial charge is 0.342 e. The molecule has 18 heavy (non-hydrogen) atoms. The van der Waals surface area contributed by atoms with E-state index in [9.17, 15) is 9.18 Å². The summed E-state index contributed by atoms with van der Waals surface area (Å²) in [5, 5.41) is 0. The molecule has 2 atom stereocenters. The molecule has 0 aliphatic heterocycles. The number of hydrogen-bond acceptors (Lipinski definition) is 2. The predicted octanol–water partition coefficient (Wildman–Crippen LogP) is 1.81. The lowest BCUT2D eigenvalue weighted by atomic mass is 9.99. The zero-order valence-corrected chi connectivity index (χ0v) is 11.2. The quantitative estimate of drug-likeness (QED) is 0.868. The SMILES string of the molecule is CC(Cc1ccccc1F)C(=O)N(C)C(C)CN. The second-order valence-corrected chi connectivity index (χ2v) is 4.73. The van der Waals surface area contributed by atoms with Crippen molar-refractivity contribution in [1.29, 1.82) is 0 Å². The van der Waals surface area contributed by atoms with Crippen molar-refractivity contribution < 1.29 is 9.18 Å². The maximum Gasteiger partial charge on any atom is 0.225 e. The van der Waals surface area contributed by atoms with Gasteiger partial charge in [0.15, 0.2) is 0 Å². The van der Waals surface area contributed by atoms with Crippen LogP contribution in [-0.4, -0.2) is 30.4 Å². The first-order chi connectivity index (χ1) is 8.47. The molecule has 0 saturated heterocycles. The van der Waals surface area contributed by atoms with Gasteiger partial charge in [0.05, 0.1) is 0 Å². The molecule has 3 nitrogen and oxygen atoms in total. The van der Waals surface area contributed by atoms with Gasteiger partial charge in [-0.25, -0.2) is 4.39 Å². The smallest absolute Gasteiger partial charge is 0.225 e. The van der Waals surface area contributed by atoms with Crippen molar-refractivity contribution in [3.05, 3.63) is 35.6 Å². The highest BCUT2D eigenvalue weighted by Gasteiger charge is 2.21. The Morgan fingerprint density at radius 3 is 2.56 bits per heavy atom. The van der Waals surface area contributed by atoms with E-state index < -0.39 is 0 Å². The van der Waals surface area contributed by atoms with Gasteiger partial charge >= 0.3 is 0 Å². The molecule has 1 rings (SSSR count). The number of amides is 1. The van der Waals surface area contributed by atoms with Crippen LogP contribution in [0.1, 0.15) is 19.4 Å². The number of carbonyl (C=O) groups is 1. The van der Waals surface area contributed by atoms with Crippen LogP contribution in [0.2, 0.25) is 0 Å². The molecule has 1 aromatic rings. The van der Waals surface area contributed by atoms with Crippen molar-refractivity contribution in [2.75, 3.05) is 13.6 Å². The molecule has 0 fully saturated rings. The zero-order valence-electron chi connectivity index (χ0n) is 11.2. The second-order valence-electron chi connectivity index (χ2n) is 4.73. The molecule has 0 aliphatic carbocycles. The van der Waals surface area contributed by atoms with E-state index in [4.69, 9.17) is 5.73 Å². The van der Waals surface area contributed by atoms with E-state index in [1.54, 1.807) is 30.1 Å². The lowest BCUT2D eigenvalue weighted by Crippen LogP contribution is -2.42. The lowest BCUT2D eigenvalue weighted by Gasteiger charge is -2.26. The van der Waals surface area contributed by atoms with Gasteiger partial charge < -0.3 is 10.6 Å². The maximum absolute atomic E-state index is 13.5. The number of nitrogens with two attached hydrogens (primary N) is 1. The van der Waals surface area contributed by atoms with Crippen LogP contribution >= 0.6 is 0 Å². The fourth-order valence-electron chi connectivity index (χ4n) is 1.80. The molecule has 0 aromatic heterocycles. The summed E-state index contributed by atoms with van der Waals surface area (Å²) in [6.07, 6.45) is 0.410. The highest BCUT2D eigenvalue weighted by atomic mass is 19.1. The summed E-state index contributed by atoms with van der Waals surface area (Å²) in [7, 11) is 1.73. The van der Waals surface area contributed by atoms with Crippen LogP contribution in [0.5, 0.6) is 0 Å². The summed E-state index contributed by atoms with van der Waals surface area (Å²) < 4.78 is 13.5. The lowest BCUT2D eigenvalue weighted by molar-refractivity contribution is -0.135. The van der Waals surface area contributed by atoms with E-state index in [-0.39, 0.29) is 23.7 Å². The summed E-state index contributed by atoms with van der Waals surface area (Å²) in [6, 6.07) is 6.56. The zero-order chi connectivity index (χ0) is 13.7. The topological polar surface area (TPSA) is 46.3 Å². The predicted molar refractivity (Wildman–Crippen MR) is 70.6 cm³/mol. The Labute approximate surface area is 108 Å². The van der Waals surface area contributed by atoms with Crippen molar-refractivity contribution in [2.24, 2.45) is 11.7 Å². The van der Waals surface area contributed by atoms with E-state index in [0.717, 1.165) is 0 Å². The number of halogens is 1. The molecule has 2 unspecified atom stereocenters. The Morgan fingerprint density at radius 1 is 1.39 bits per heavy atom. The molecule has 1 amide bonds. The highest BCUT2D eigenvalue weighted by Crippen LogP contribution is 2.15. The first-order valence-electron chi connectivity index (χ1n) is 6.17. The van der Waals surface area contributed by atoms with E-state index in [2.05, 4.69) is 0 Å². The van der Waals surface area contributed by atoms with E-state index >= 15 is 0 Å². The molecule has 0 saturated carbocycles. The van der Waals surface area contributed by atoms with Gasteiger partial charge in [0.2, 0.25) is 5.91 Å². The summed E-state index contributed by atoms with van der Waals surface area (Å²) in [5.41, 5.74) is 6.11. The van der Waals surface area contributed by atoms with Crippen LogP contribution < -0.4 is 5.73 Å². The minimum Gasteiger partial charge on any atom is -0.342 e. The van der Waals surface area contributed by atoms with Crippen molar-refractivity contribution in [2.45, 2.75) is 26.3 Å². The molecular formula is C14H21FN2O. The highest BCUT2D eigenvalue weighted by molar-refractivity contribution is 5.78. The van der Waals surface area contributed by atoms with E-state index in [0.29, 0.717) is 18.5 Å². The molecular weight excluding hydrogens is 231 g/mol. The average molecular weight is 252 g/mol. The van der Waals surface area contributed by atoms with Gasteiger partial charge in [-0.3, -0.25) is 4.79 Å². The summed E-state index contributed by atoms with van der Waals surface area (Å²) in [4.78, 5) is 13.7. The monoisotopic (exact) mass is 252 g/mol. The minimum atomic E-state index is -0.258. The van der Waals surface area contributed by atoms with Gasteiger partial charge in [-0.1, -0.05) is 25.1 Å². The first-order valence-corrected chi connectivity index (χ1v) is 6.17. The third kappa shape index (κ3) is 3.53. The fraction of sp³-hybridized carbons (Fsp3) is 0.500. The number of hydrogen-bond donors (Lipinski definition) is 1. The molecule has 1 aromatic carbocycles. The second kappa shape index (κ2) is 6.50. The summed E-state index contributed by atoms with van der Waals surface area (Å²) >= 11 is 0. The van der Waals surface area contributed by atoms with Crippen molar-refractivity contribution >= 4 is 5.91 Å². The number of nitrogens with zero attached hydrogens (tertiary/aromatic N) is 1. The van der Waals surface area contributed by atoms with Crippen molar-refractivity contribution in [3.63, 3.8) is 0 Å². The van der Waals surface area contributed by atoms with E-state index in [1.165, 1.54) is 6.07 Å². The van der Waals surface area contributed by atoms with Crippen LogP contribution in [0.4, 0.5) is 4.39 Å². The van der Waals surface area contributed by atoms with Crippen molar-refractivity contribution in [3.8, 4) is 0 Å². The van der Waals surface area contributed by atoms with Crippen LogP contribution in [0, 0.1) is 11.7 Å². The van der Waals surface area contributed by atoms with Crippen molar-refractivity contribution in [1.82, 2.24) is 4.90 Å². The normalized spacial score (nSPS) is 14.1. The van der Waals surface area contributed by atoms with E-state index in [1.807, 2.05) is 13.8 Å². The Balaban J connectivity index is 2.68. The standard InChI is InChI=1S/C14H21FN2O/c1-10(14(18)17(3)11(2)9-16)8-12-6-4-5-7-13(12)15/h4-7,10-11H,8-9,16H2,1-3H3. The van der Waals surface area contributed by atoms with Gasteiger partial charge in [0, 0.05) is 25.6 Å². The molecule has 0 heterocycles. The molecule has 0 bridgehead atoms. The Morgan fingerprint density at radius 2 is 2.00 bits per heavy atom. The van der Waals surface area contributed by atoms with Gasteiger partial charge in [0.1, 0.15) is 5.82 Å². The summed E-state index contributed by atoms with van der Waals surface area (Å²) in [5.74, 6) is -0.510. The van der Waals surface area contributed by atoms with Gasteiger partial charge in [-0.05, 0) is 25.0 Å². The number of carbonyl (C=O) groups excluding carboxylic acids is 1.